The Kier molecular flexibility index (Phi) is 6.26. The van der Waals surface area contributed by atoms with Crippen LogP contribution < -0.4 is 5.90 Å². The second kappa shape index (κ2) is 5.67. The molecule has 0 bridgehead atoms. The zero-order valence-electron chi connectivity index (χ0n) is 5.44. The predicted octanol–water partition coefficient (Wildman–Crippen LogP) is 2.22. The van der Waals surface area contributed by atoms with Crippen LogP contribution >= 0.6 is 45.2 Å². The zero-order chi connectivity index (χ0) is 8.04. The summed E-state index contributed by atoms with van der Waals surface area (Å²) in [5, 5.41) is 6.77. The van der Waals surface area contributed by atoms with E-state index in [9.17, 15) is 0 Å². The maximum Gasteiger partial charge on any atom is 0.189 e. The molecule has 0 spiro atoms. The number of hydrogen-bond donors (Lipinski definition) is 2. The summed E-state index contributed by atoms with van der Waals surface area (Å²) in [6.45, 7) is 0. The third kappa shape index (κ3) is 5.81. The molecule has 0 aromatic carbocycles. The highest BCUT2D eigenvalue weighted by Crippen LogP contribution is 2.32. The van der Waals surface area contributed by atoms with E-state index in [2.05, 4.69) is 50.0 Å². The maximum atomic E-state index is 6.77. The van der Waals surface area contributed by atoms with Crippen molar-refractivity contribution in [3.63, 3.8) is 0 Å². The number of halogens is 2. The molecule has 0 saturated carbocycles. The molecule has 0 fully saturated rings. The first kappa shape index (κ1) is 11.1. The molecule has 0 amide bonds. The zero-order valence-corrected chi connectivity index (χ0v) is 9.76. The van der Waals surface area contributed by atoms with Crippen LogP contribution in [0.25, 0.3) is 0 Å². The van der Waals surface area contributed by atoms with E-state index in [0.29, 0.717) is 0 Å². The first-order valence-electron chi connectivity index (χ1n) is 2.87. The molecule has 0 aliphatic rings. The Morgan fingerprint density at radius 2 is 2.20 bits per heavy atom. The monoisotopic (exact) mass is 368 g/mol. The van der Waals surface area contributed by atoms with Crippen molar-refractivity contribution in [2.24, 2.45) is 5.90 Å². The first-order chi connectivity index (χ1) is 4.62. The van der Waals surface area contributed by atoms with Gasteiger partial charge in [0.2, 0.25) is 0 Å². The van der Waals surface area contributed by atoms with Gasteiger partial charge in [0.25, 0.3) is 0 Å². The highest BCUT2D eigenvalue weighted by Gasteiger charge is 2.20. The molecule has 5 heteroatoms. The average molecular weight is 368 g/mol. The highest BCUT2D eigenvalue weighted by atomic mass is 127. The van der Waals surface area contributed by atoms with Crippen LogP contribution in [-0.4, -0.2) is 7.83 Å². The second-order valence-electron chi connectivity index (χ2n) is 1.85. The Labute approximate surface area is 87.8 Å². The van der Waals surface area contributed by atoms with Crippen molar-refractivity contribution in [2.45, 2.75) is 20.9 Å². The summed E-state index contributed by atoms with van der Waals surface area (Å²) in [5.74, 6) is 5.02. The van der Waals surface area contributed by atoms with Crippen LogP contribution in [0.5, 0.6) is 0 Å². The first-order valence-corrected chi connectivity index (χ1v) is 5.03. The molecule has 0 aliphatic carbocycles. The summed E-state index contributed by atoms with van der Waals surface area (Å²) in [7, 11) is 0. The Hall–Kier alpha value is 1.05. The molecular weight excluding hydrogens is 358 g/mol. The van der Waals surface area contributed by atoms with E-state index in [-0.39, 0.29) is 1.61 Å². The molecule has 0 radical (unpaired) electrons. The van der Waals surface area contributed by atoms with Crippen LogP contribution in [0.15, 0.2) is 0 Å². The van der Waals surface area contributed by atoms with Crippen LogP contribution in [0.2, 0.25) is 0 Å². The van der Waals surface area contributed by atoms with E-state index < -0.39 is 0 Å². The van der Waals surface area contributed by atoms with Crippen LogP contribution in [0.3, 0.4) is 0 Å². The maximum absolute atomic E-state index is 6.77. The molecule has 0 saturated heterocycles. The molecule has 0 aliphatic heterocycles. The Morgan fingerprint density at radius 1 is 1.60 bits per heavy atom. The minimum absolute atomic E-state index is 0.293. The molecule has 0 aromatic heterocycles. The van der Waals surface area contributed by atoms with E-state index in [1.165, 1.54) is 6.21 Å². The van der Waals surface area contributed by atoms with Crippen molar-refractivity contribution in [3.05, 3.63) is 0 Å². The van der Waals surface area contributed by atoms with Crippen molar-refractivity contribution >= 4 is 51.4 Å². The van der Waals surface area contributed by atoms with Gasteiger partial charge in [0.05, 0.1) is 0 Å². The Balaban J connectivity index is 3.36. The fourth-order valence-corrected chi connectivity index (χ4v) is 1.23. The molecule has 3 N–H and O–H groups in total. The smallest absolute Gasteiger partial charge is 0.189 e. The molecule has 3 nitrogen and oxygen atoms in total. The van der Waals surface area contributed by atoms with Crippen LogP contribution in [0, 0.1) is 5.41 Å². The standard InChI is InChI=1S/C5H10I2N2O/c6-5(7,10-9)3-1-2-4-8/h4,8H,1-3,9H2. The predicted molar refractivity (Wildman–Crippen MR) is 58.7 cm³/mol. The number of unbranched alkanes of at least 4 members (excludes halogenated alkanes) is 1. The van der Waals surface area contributed by atoms with Gasteiger partial charge in [-0.05, 0) is 70.7 Å². The quantitative estimate of drug-likeness (QED) is 0.257. The Morgan fingerprint density at radius 3 is 2.60 bits per heavy atom. The third-order valence-electron chi connectivity index (χ3n) is 0.989. The molecule has 10 heavy (non-hydrogen) atoms. The Bertz CT molecular complexity index is 108. The van der Waals surface area contributed by atoms with Gasteiger partial charge in [-0.1, -0.05) is 0 Å². The normalized spacial score (nSPS) is 11.5. The minimum Gasteiger partial charge on any atom is -0.313 e. The lowest BCUT2D eigenvalue weighted by Gasteiger charge is -2.16. The summed E-state index contributed by atoms with van der Waals surface area (Å²) in [5.41, 5.74) is 0. The number of rotatable bonds is 5. The summed E-state index contributed by atoms with van der Waals surface area (Å²) in [6, 6.07) is 0. The lowest BCUT2D eigenvalue weighted by atomic mass is 10.2. The number of alkyl halides is 2. The van der Waals surface area contributed by atoms with Crippen molar-refractivity contribution in [3.8, 4) is 0 Å². The number of nitrogens with one attached hydrogen (secondary N) is 1. The van der Waals surface area contributed by atoms with E-state index in [4.69, 9.17) is 11.3 Å². The van der Waals surface area contributed by atoms with Gasteiger partial charge in [0.15, 0.2) is 1.61 Å². The summed E-state index contributed by atoms with van der Waals surface area (Å²) in [6.07, 6.45) is 4.03. The van der Waals surface area contributed by atoms with Crippen molar-refractivity contribution < 1.29 is 4.84 Å². The molecule has 0 aromatic rings. The molecule has 0 atom stereocenters. The van der Waals surface area contributed by atoms with Crippen molar-refractivity contribution in [1.82, 2.24) is 0 Å². The summed E-state index contributed by atoms with van der Waals surface area (Å²) < 4.78 is -0.293. The van der Waals surface area contributed by atoms with Crippen LogP contribution in [-0.2, 0) is 4.84 Å². The van der Waals surface area contributed by atoms with Crippen LogP contribution in [0.4, 0.5) is 0 Å². The fraction of sp³-hybridized carbons (Fsp3) is 0.800. The van der Waals surface area contributed by atoms with Gasteiger partial charge in [0, 0.05) is 0 Å². The SMILES string of the molecule is N=CCCCC(I)(I)ON. The highest BCUT2D eigenvalue weighted by molar-refractivity contribution is 14.2. The lowest BCUT2D eigenvalue weighted by Crippen LogP contribution is -2.20. The topological polar surface area (TPSA) is 59.1 Å². The third-order valence-corrected chi connectivity index (χ3v) is 2.58. The van der Waals surface area contributed by atoms with Gasteiger partial charge in [-0.25, -0.2) is 5.90 Å². The van der Waals surface area contributed by atoms with E-state index >= 15 is 0 Å². The van der Waals surface area contributed by atoms with Gasteiger partial charge < -0.3 is 5.41 Å². The molecule has 0 rings (SSSR count). The average Bonchev–Trinajstić information content (AvgIpc) is 1.89. The van der Waals surface area contributed by atoms with E-state index in [1.54, 1.807) is 0 Å². The van der Waals surface area contributed by atoms with Crippen LogP contribution in [0.1, 0.15) is 19.3 Å². The second-order valence-corrected chi connectivity index (χ2v) is 7.40. The van der Waals surface area contributed by atoms with Crippen molar-refractivity contribution in [1.29, 1.82) is 5.41 Å². The van der Waals surface area contributed by atoms with Gasteiger partial charge in [0.1, 0.15) is 0 Å². The molecule has 0 heterocycles. The van der Waals surface area contributed by atoms with Gasteiger partial charge in [-0.3, -0.25) is 4.84 Å². The molecular formula is C5H10I2N2O. The van der Waals surface area contributed by atoms with Gasteiger partial charge >= 0.3 is 0 Å². The molecule has 60 valence electrons. The van der Waals surface area contributed by atoms with Gasteiger partial charge in [-0.2, -0.15) is 0 Å². The van der Waals surface area contributed by atoms with Crippen molar-refractivity contribution in [2.75, 3.05) is 0 Å². The summed E-state index contributed by atoms with van der Waals surface area (Å²) >= 11 is 4.29. The largest absolute Gasteiger partial charge is 0.313 e. The minimum atomic E-state index is -0.293. The number of hydrogen-bond acceptors (Lipinski definition) is 3. The summed E-state index contributed by atoms with van der Waals surface area (Å²) in [4.78, 5) is 4.68. The molecule has 0 unspecified atom stereocenters. The van der Waals surface area contributed by atoms with E-state index in [1.807, 2.05) is 0 Å². The lowest BCUT2D eigenvalue weighted by molar-refractivity contribution is 0.108. The number of nitrogens with two attached hydrogens (primary N) is 1. The van der Waals surface area contributed by atoms with E-state index in [0.717, 1.165) is 19.3 Å². The van der Waals surface area contributed by atoms with Gasteiger partial charge in [-0.15, -0.1) is 0 Å². The fourth-order valence-electron chi connectivity index (χ4n) is 0.469.